The Labute approximate surface area is 234 Å². The summed E-state index contributed by atoms with van der Waals surface area (Å²) in [6.07, 6.45) is 0. The van der Waals surface area contributed by atoms with Gasteiger partial charge in [-0.05, 0) is 122 Å². The van der Waals surface area contributed by atoms with Crippen LogP contribution in [0, 0.1) is 86.9 Å². The van der Waals surface area contributed by atoms with Crippen molar-refractivity contribution in [2.24, 2.45) is 0 Å². The Morgan fingerprint density at radius 3 is 1.20 bits per heavy atom. The van der Waals surface area contributed by atoms with Gasteiger partial charge in [0, 0.05) is 0 Å². The Balaban J connectivity index is 1.79. The number of aryl methyl sites for hydroxylation is 2. The molecule has 0 spiro atoms. The molecule has 0 saturated heterocycles. The summed E-state index contributed by atoms with van der Waals surface area (Å²) in [6.45, 7) is 12.0. The summed E-state index contributed by atoms with van der Waals surface area (Å²) in [7, 11) is 0. The summed E-state index contributed by atoms with van der Waals surface area (Å²) in [5, 5.41) is 38.0. The normalized spacial score (nSPS) is 10.2. The molecule has 0 heterocycles. The van der Waals surface area contributed by atoms with E-state index in [0.29, 0.717) is 23.0 Å². The second-order valence-electron chi connectivity index (χ2n) is 9.65. The van der Waals surface area contributed by atoms with Gasteiger partial charge in [-0.3, -0.25) is 0 Å². The summed E-state index contributed by atoms with van der Waals surface area (Å²) in [5.74, 6) is 2.00. The van der Waals surface area contributed by atoms with Crippen LogP contribution in [-0.4, -0.2) is 0 Å². The molecule has 4 aromatic rings. The van der Waals surface area contributed by atoms with E-state index in [0.717, 1.165) is 44.5 Å². The number of benzene rings is 4. The number of nitrogens with zero attached hydrogens (tertiary/aromatic N) is 4. The molecule has 0 fully saturated rings. The van der Waals surface area contributed by atoms with Crippen LogP contribution in [0.5, 0.6) is 23.0 Å². The number of rotatable bonds is 5. The number of ether oxygens (including phenoxy) is 2. The predicted octanol–water partition coefficient (Wildman–Crippen LogP) is 8.28. The Kier molecular flexibility index (Phi) is 7.59. The first-order valence-electron chi connectivity index (χ1n) is 12.6. The molecule has 4 rings (SSSR count). The Hall–Kier alpha value is -5.56. The van der Waals surface area contributed by atoms with Gasteiger partial charge in [-0.25, -0.2) is 0 Å². The minimum absolute atomic E-state index is 0.211. The number of nitriles is 4. The third-order valence-electron chi connectivity index (χ3n) is 7.28. The van der Waals surface area contributed by atoms with E-state index in [-0.39, 0.29) is 22.3 Å². The van der Waals surface area contributed by atoms with Crippen LogP contribution in [0.3, 0.4) is 0 Å². The van der Waals surface area contributed by atoms with Crippen LogP contribution < -0.4 is 9.47 Å². The van der Waals surface area contributed by atoms with Crippen LogP contribution in [0.15, 0.2) is 48.5 Å². The maximum atomic E-state index is 9.63. The summed E-state index contributed by atoms with van der Waals surface area (Å²) < 4.78 is 12.5. The molecule has 0 radical (unpaired) electrons. The Morgan fingerprint density at radius 1 is 0.500 bits per heavy atom. The van der Waals surface area contributed by atoms with Gasteiger partial charge in [0.05, 0.1) is 11.1 Å². The number of hydrogen-bond acceptors (Lipinski definition) is 6. The van der Waals surface area contributed by atoms with Crippen LogP contribution in [0.1, 0.15) is 55.6 Å². The second-order valence-corrected chi connectivity index (χ2v) is 9.65. The SMILES string of the molecule is Cc1cc(-c2cc(C)c(Oc3cccc(C#N)c3C#N)c(C)c2C)c(C)c(C)c1Oc1cccc(C#N)c1C#N. The van der Waals surface area contributed by atoms with Gasteiger partial charge in [-0.2, -0.15) is 21.0 Å². The fraction of sp³-hybridized carbons (Fsp3) is 0.176. The van der Waals surface area contributed by atoms with Crippen LogP contribution in [0.25, 0.3) is 11.1 Å². The highest BCUT2D eigenvalue weighted by Gasteiger charge is 2.21. The average Bonchev–Trinajstić information content (AvgIpc) is 2.96. The molecule has 0 amide bonds. The van der Waals surface area contributed by atoms with Crippen molar-refractivity contribution in [1.29, 1.82) is 21.0 Å². The predicted molar refractivity (Wildman–Crippen MR) is 152 cm³/mol. The zero-order valence-corrected chi connectivity index (χ0v) is 23.2. The van der Waals surface area contributed by atoms with Gasteiger partial charge in [0.1, 0.15) is 58.4 Å². The maximum Gasteiger partial charge on any atom is 0.146 e. The minimum atomic E-state index is 0.211. The molecule has 40 heavy (non-hydrogen) atoms. The summed E-state index contributed by atoms with van der Waals surface area (Å²) in [4.78, 5) is 0. The van der Waals surface area contributed by atoms with Crippen molar-refractivity contribution in [2.75, 3.05) is 0 Å². The van der Waals surface area contributed by atoms with Gasteiger partial charge in [-0.15, -0.1) is 0 Å². The maximum absolute atomic E-state index is 9.63. The number of hydrogen-bond donors (Lipinski definition) is 0. The van der Waals surface area contributed by atoms with Crippen molar-refractivity contribution in [3.05, 3.63) is 104 Å². The molecule has 194 valence electrons. The molecule has 0 aliphatic rings. The van der Waals surface area contributed by atoms with Crippen molar-refractivity contribution in [3.8, 4) is 58.4 Å². The van der Waals surface area contributed by atoms with Crippen molar-refractivity contribution >= 4 is 0 Å². The first kappa shape index (κ1) is 27.5. The summed E-state index contributed by atoms with van der Waals surface area (Å²) in [5.41, 5.74) is 8.78. The van der Waals surface area contributed by atoms with Crippen LogP contribution in [0.4, 0.5) is 0 Å². The monoisotopic (exact) mass is 522 g/mol. The average molecular weight is 523 g/mol. The summed E-state index contributed by atoms with van der Waals surface area (Å²) >= 11 is 0. The minimum Gasteiger partial charge on any atom is -0.455 e. The standard InChI is InChI=1S/C34H26N4O2/c1-19-13-27(21(3)23(5)33(19)39-31-11-7-9-25(15-35)29(31)17-37)28-14-20(2)34(24(6)22(28)4)40-32-12-8-10-26(16-36)30(32)18-38/h7-14H,1-6H3. The Morgan fingerprint density at radius 2 is 0.875 bits per heavy atom. The highest BCUT2D eigenvalue weighted by Crippen LogP contribution is 2.42. The molecule has 0 saturated carbocycles. The third-order valence-corrected chi connectivity index (χ3v) is 7.28. The van der Waals surface area contributed by atoms with Gasteiger partial charge in [0.25, 0.3) is 0 Å². The molecule has 6 heteroatoms. The topological polar surface area (TPSA) is 114 Å². The lowest BCUT2D eigenvalue weighted by Gasteiger charge is -2.22. The van der Waals surface area contributed by atoms with E-state index in [1.54, 1.807) is 36.4 Å². The van der Waals surface area contributed by atoms with E-state index < -0.39 is 0 Å². The van der Waals surface area contributed by atoms with Crippen molar-refractivity contribution in [3.63, 3.8) is 0 Å². The van der Waals surface area contributed by atoms with Crippen molar-refractivity contribution < 1.29 is 9.47 Å². The fourth-order valence-corrected chi connectivity index (χ4v) is 4.86. The lowest BCUT2D eigenvalue weighted by molar-refractivity contribution is 0.472. The fourth-order valence-electron chi connectivity index (χ4n) is 4.86. The molecule has 0 aliphatic carbocycles. The Bertz CT molecular complexity index is 1720. The van der Waals surface area contributed by atoms with Gasteiger partial charge in [-0.1, -0.05) is 12.1 Å². The van der Waals surface area contributed by atoms with E-state index in [1.807, 2.05) is 53.7 Å². The zero-order valence-electron chi connectivity index (χ0n) is 23.2. The van der Waals surface area contributed by atoms with Crippen LogP contribution in [0.2, 0.25) is 0 Å². The van der Waals surface area contributed by atoms with Gasteiger partial charge in [0.2, 0.25) is 0 Å². The van der Waals surface area contributed by atoms with E-state index in [9.17, 15) is 21.0 Å². The highest BCUT2D eigenvalue weighted by atomic mass is 16.5. The largest absolute Gasteiger partial charge is 0.455 e. The zero-order chi connectivity index (χ0) is 29.1. The van der Waals surface area contributed by atoms with Crippen molar-refractivity contribution in [2.45, 2.75) is 41.5 Å². The van der Waals surface area contributed by atoms with E-state index >= 15 is 0 Å². The molecule has 4 aromatic carbocycles. The molecular weight excluding hydrogens is 496 g/mol. The van der Waals surface area contributed by atoms with E-state index in [4.69, 9.17) is 9.47 Å². The van der Waals surface area contributed by atoms with Crippen LogP contribution in [-0.2, 0) is 0 Å². The van der Waals surface area contributed by atoms with E-state index in [1.165, 1.54) is 0 Å². The van der Waals surface area contributed by atoms with Crippen LogP contribution >= 0.6 is 0 Å². The quantitative estimate of drug-likeness (QED) is 0.260. The molecule has 0 N–H and O–H groups in total. The highest BCUT2D eigenvalue weighted by molar-refractivity contribution is 5.77. The van der Waals surface area contributed by atoms with Gasteiger partial charge < -0.3 is 9.47 Å². The van der Waals surface area contributed by atoms with Gasteiger partial charge >= 0.3 is 0 Å². The molecule has 0 unspecified atom stereocenters. The molecule has 0 aromatic heterocycles. The smallest absolute Gasteiger partial charge is 0.146 e. The third kappa shape index (κ3) is 4.72. The first-order chi connectivity index (χ1) is 19.2. The second kappa shape index (κ2) is 11.0. The van der Waals surface area contributed by atoms with Gasteiger partial charge in [0.15, 0.2) is 0 Å². The lowest BCUT2D eigenvalue weighted by Crippen LogP contribution is -2.02. The van der Waals surface area contributed by atoms with E-state index in [2.05, 4.69) is 24.3 Å². The molecule has 0 bridgehead atoms. The lowest BCUT2D eigenvalue weighted by atomic mass is 9.88. The molecule has 0 aliphatic heterocycles. The first-order valence-corrected chi connectivity index (χ1v) is 12.6. The van der Waals surface area contributed by atoms with Crippen molar-refractivity contribution in [1.82, 2.24) is 0 Å². The summed E-state index contributed by atoms with van der Waals surface area (Å²) in [6, 6.07) is 22.4. The molecule has 6 nitrogen and oxygen atoms in total. The molecule has 0 atom stereocenters. The molecular formula is C34H26N4O2.